The summed E-state index contributed by atoms with van der Waals surface area (Å²) in [4.78, 5) is 16.8. The largest absolute Gasteiger partial charge is 0.369 e. The van der Waals surface area contributed by atoms with Gasteiger partial charge < -0.3 is 10.6 Å². The maximum Gasteiger partial charge on any atom is 0.252 e. The van der Waals surface area contributed by atoms with Gasteiger partial charge in [-0.2, -0.15) is 5.26 Å². The molecule has 2 aromatic carbocycles. The second kappa shape index (κ2) is 9.34. The molecule has 0 aliphatic rings. The lowest BCUT2D eigenvalue weighted by atomic mass is 10.1. The topological polar surface area (TPSA) is 77.8 Å². The Morgan fingerprint density at radius 1 is 1.18 bits per heavy atom. The van der Waals surface area contributed by atoms with E-state index in [2.05, 4.69) is 56.7 Å². The van der Waals surface area contributed by atoms with Crippen LogP contribution in [0.15, 0.2) is 53.0 Å². The Hall–Kier alpha value is -2.91. The van der Waals surface area contributed by atoms with Crippen molar-refractivity contribution in [2.24, 2.45) is 0 Å². The highest BCUT2D eigenvalue weighted by molar-refractivity contribution is 9.10. The molecule has 0 saturated carbocycles. The number of anilines is 1. The molecule has 0 radical (unpaired) electrons. The van der Waals surface area contributed by atoms with E-state index in [0.29, 0.717) is 30.0 Å². The third kappa shape index (κ3) is 4.68. The molecule has 1 heterocycles. The standard InChI is InChI=1S/C22H21BrN4O/c1-2-15-8-9-20-16(12-15)13-17(14-24)21(27-20)25-10-5-11-26-22(28)18-6-3-4-7-19(18)23/h3-4,6-9,12-13H,2,5,10-11H2,1H3,(H,25,27)(H,26,28). The van der Waals surface area contributed by atoms with Crippen LogP contribution in [0, 0.1) is 11.3 Å². The van der Waals surface area contributed by atoms with Gasteiger partial charge in [-0.15, -0.1) is 0 Å². The first-order valence-electron chi connectivity index (χ1n) is 9.22. The van der Waals surface area contributed by atoms with E-state index in [0.717, 1.165) is 28.2 Å². The van der Waals surface area contributed by atoms with Gasteiger partial charge in [0.2, 0.25) is 0 Å². The first-order valence-corrected chi connectivity index (χ1v) is 10.0. The predicted molar refractivity (Wildman–Crippen MR) is 115 cm³/mol. The normalized spacial score (nSPS) is 10.5. The van der Waals surface area contributed by atoms with Crippen molar-refractivity contribution < 1.29 is 4.79 Å². The fourth-order valence-corrected chi connectivity index (χ4v) is 3.37. The molecule has 142 valence electrons. The lowest BCUT2D eigenvalue weighted by Gasteiger charge is -2.10. The van der Waals surface area contributed by atoms with E-state index in [1.165, 1.54) is 5.56 Å². The van der Waals surface area contributed by atoms with Gasteiger partial charge in [0.05, 0.1) is 16.6 Å². The van der Waals surface area contributed by atoms with Gasteiger partial charge in [-0.25, -0.2) is 4.98 Å². The van der Waals surface area contributed by atoms with E-state index in [-0.39, 0.29) is 5.91 Å². The number of hydrogen-bond acceptors (Lipinski definition) is 4. The Morgan fingerprint density at radius 3 is 2.75 bits per heavy atom. The average Bonchev–Trinajstić information content (AvgIpc) is 2.72. The zero-order chi connectivity index (χ0) is 19.9. The fourth-order valence-electron chi connectivity index (χ4n) is 2.90. The number of benzene rings is 2. The molecule has 0 unspecified atom stereocenters. The Morgan fingerprint density at radius 2 is 2.00 bits per heavy atom. The molecular formula is C22H21BrN4O. The van der Waals surface area contributed by atoms with Gasteiger partial charge in [0, 0.05) is 22.9 Å². The van der Waals surface area contributed by atoms with Crippen LogP contribution in [0.1, 0.15) is 34.8 Å². The van der Waals surface area contributed by atoms with Gasteiger partial charge in [-0.05, 0) is 64.7 Å². The Kier molecular flexibility index (Phi) is 6.62. The third-order valence-corrected chi connectivity index (χ3v) is 5.15. The van der Waals surface area contributed by atoms with Gasteiger partial charge >= 0.3 is 0 Å². The number of aromatic nitrogens is 1. The minimum atomic E-state index is -0.110. The Bertz CT molecular complexity index is 1040. The molecular weight excluding hydrogens is 416 g/mol. The van der Waals surface area contributed by atoms with Gasteiger partial charge in [-0.3, -0.25) is 4.79 Å². The van der Waals surface area contributed by atoms with Crippen molar-refractivity contribution >= 4 is 38.6 Å². The molecule has 3 aromatic rings. The lowest BCUT2D eigenvalue weighted by Crippen LogP contribution is -2.26. The van der Waals surface area contributed by atoms with Crippen molar-refractivity contribution in [2.45, 2.75) is 19.8 Å². The Labute approximate surface area is 172 Å². The van der Waals surface area contributed by atoms with E-state index in [1.807, 2.05) is 30.3 Å². The zero-order valence-electron chi connectivity index (χ0n) is 15.6. The summed E-state index contributed by atoms with van der Waals surface area (Å²) < 4.78 is 0.774. The molecule has 0 spiro atoms. The number of halogens is 1. The number of carbonyl (C=O) groups is 1. The number of amides is 1. The van der Waals surface area contributed by atoms with Crippen LogP contribution in [0.4, 0.5) is 5.82 Å². The van der Waals surface area contributed by atoms with E-state index < -0.39 is 0 Å². The molecule has 0 aliphatic heterocycles. The maximum atomic E-state index is 12.2. The van der Waals surface area contributed by atoms with Crippen molar-refractivity contribution in [3.05, 3.63) is 69.7 Å². The smallest absolute Gasteiger partial charge is 0.252 e. The first-order chi connectivity index (χ1) is 13.6. The van der Waals surface area contributed by atoms with Crippen molar-refractivity contribution in [2.75, 3.05) is 18.4 Å². The third-order valence-electron chi connectivity index (χ3n) is 4.46. The molecule has 0 atom stereocenters. The van der Waals surface area contributed by atoms with Crippen LogP contribution in [0.5, 0.6) is 0 Å². The molecule has 3 rings (SSSR count). The number of rotatable bonds is 7. The van der Waals surface area contributed by atoms with E-state index in [1.54, 1.807) is 6.07 Å². The monoisotopic (exact) mass is 436 g/mol. The minimum Gasteiger partial charge on any atom is -0.369 e. The molecule has 0 aliphatic carbocycles. The van der Waals surface area contributed by atoms with E-state index in [9.17, 15) is 10.1 Å². The molecule has 0 bridgehead atoms. The summed E-state index contributed by atoms with van der Waals surface area (Å²) in [7, 11) is 0. The molecule has 0 saturated heterocycles. The van der Waals surface area contributed by atoms with Crippen molar-refractivity contribution in [1.29, 1.82) is 5.26 Å². The molecule has 1 amide bonds. The predicted octanol–water partition coefficient (Wildman–Crippen LogP) is 4.66. The van der Waals surface area contributed by atoms with Gasteiger partial charge in [-0.1, -0.05) is 25.1 Å². The summed E-state index contributed by atoms with van der Waals surface area (Å²) in [5, 5.41) is 16.5. The number of nitrogens with zero attached hydrogens (tertiary/aromatic N) is 2. The molecule has 6 heteroatoms. The highest BCUT2D eigenvalue weighted by Crippen LogP contribution is 2.21. The van der Waals surface area contributed by atoms with Gasteiger partial charge in [0.1, 0.15) is 11.9 Å². The SMILES string of the molecule is CCc1ccc2nc(NCCCNC(=O)c3ccccc3Br)c(C#N)cc2c1. The van der Waals surface area contributed by atoms with E-state index >= 15 is 0 Å². The van der Waals surface area contributed by atoms with Crippen LogP contribution in [0.3, 0.4) is 0 Å². The number of nitriles is 1. The summed E-state index contributed by atoms with van der Waals surface area (Å²) in [6.07, 6.45) is 1.67. The van der Waals surface area contributed by atoms with E-state index in [4.69, 9.17) is 0 Å². The minimum absolute atomic E-state index is 0.110. The average molecular weight is 437 g/mol. The van der Waals surface area contributed by atoms with Crippen molar-refractivity contribution in [3.8, 4) is 6.07 Å². The lowest BCUT2D eigenvalue weighted by molar-refractivity contribution is 0.0953. The number of nitrogens with one attached hydrogen (secondary N) is 2. The number of aryl methyl sites for hydroxylation is 1. The number of carbonyl (C=O) groups excluding carboxylic acids is 1. The second-order valence-electron chi connectivity index (χ2n) is 6.39. The zero-order valence-corrected chi connectivity index (χ0v) is 17.2. The summed E-state index contributed by atoms with van der Waals surface area (Å²) in [6, 6.07) is 17.5. The molecule has 28 heavy (non-hydrogen) atoms. The molecule has 2 N–H and O–H groups in total. The Balaban J connectivity index is 1.57. The van der Waals surface area contributed by atoms with Gasteiger partial charge in [0.25, 0.3) is 5.91 Å². The van der Waals surface area contributed by atoms with Crippen molar-refractivity contribution in [1.82, 2.24) is 10.3 Å². The maximum absolute atomic E-state index is 12.2. The van der Waals surface area contributed by atoms with Crippen LogP contribution >= 0.6 is 15.9 Å². The molecule has 1 aromatic heterocycles. The summed E-state index contributed by atoms with van der Waals surface area (Å²) >= 11 is 3.38. The van der Waals surface area contributed by atoms with Crippen LogP contribution in [0.2, 0.25) is 0 Å². The number of pyridine rings is 1. The van der Waals surface area contributed by atoms with Crippen LogP contribution in [0.25, 0.3) is 10.9 Å². The summed E-state index contributed by atoms with van der Waals surface area (Å²) in [6.45, 7) is 3.24. The molecule has 5 nitrogen and oxygen atoms in total. The van der Waals surface area contributed by atoms with Gasteiger partial charge in [0.15, 0.2) is 0 Å². The first kappa shape index (κ1) is 19.8. The summed E-state index contributed by atoms with van der Waals surface area (Å²) in [5.41, 5.74) is 3.23. The van der Waals surface area contributed by atoms with Crippen molar-refractivity contribution in [3.63, 3.8) is 0 Å². The second-order valence-corrected chi connectivity index (χ2v) is 7.25. The highest BCUT2D eigenvalue weighted by Gasteiger charge is 2.09. The number of hydrogen-bond donors (Lipinski definition) is 2. The quantitative estimate of drug-likeness (QED) is 0.527. The highest BCUT2D eigenvalue weighted by atomic mass is 79.9. The van der Waals surface area contributed by atoms with Crippen LogP contribution in [-0.4, -0.2) is 24.0 Å². The fraction of sp³-hybridized carbons (Fsp3) is 0.227. The summed E-state index contributed by atoms with van der Waals surface area (Å²) in [5.74, 6) is 0.470. The van der Waals surface area contributed by atoms with Crippen LogP contribution < -0.4 is 10.6 Å². The van der Waals surface area contributed by atoms with Crippen LogP contribution in [-0.2, 0) is 6.42 Å². The molecule has 0 fully saturated rings. The number of fused-ring (bicyclic) bond motifs is 1.